The molecule has 2 rings (SSSR count). The van der Waals surface area contributed by atoms with Crippen LogP contribution in [0, 0.1) is 0 Å². The van der Waals surface area contributed by atoms with Crippen LogP contribution in [-0.2, 0) is 9.59 Å². The Kier molecular flexibility index (Phi) is 4.19. The molecule has 1 saturated heterocycles. The molecule has 1 aromatic carbocycles. The molecule has 1 aromatic rings. The Balaban J connectivity index is 2.15. The van der Waals surface area contributed by atoms with Crippen molar-refractivity contribution in [3.63, 3.8) is 0 Å². The van der Waals surface area contributed by atoms with Gasteiger partial charge in [0.25, 0.3) is 0 Å². The van der Waals surface area contributed by atoms with E-state index in [1.807, 2.05) is 6.07 Å². The lowest BCUT2D eigenvalue weighted by Gasteiger charge is -2.18. The van der Waals surface area contributed by atoms with Gasteiger partial charge in [0.1, 0.15) is 5.92 Å². The Bertz CT molecular complexity index is 530. The monoisotopic (exact) mass is 276 g/mol. The number of hydrogen-bond acceptors (Lipinski definition) is 4. The number of benzene rings is 1. The average molecular weight is 276 g/mol. The van der Waals surface area contributed by atoms with E-state index in [4.69, 9.17) is 10.9 Å². The molecule has 1 aliphatic heterocycles. The molecule has 1 fully saturated rings. The van der Waals surface area contributed by atoms with E-state index in [-0.39, 0.29) is 24.2 Å². The van der Waals surface area contributed by atoms with E-state index in [1.165, 1.54) is 0 Å². The quantitative estimate of drug-likeness (QED) is 0.257. The standard InChI is InChI=1S/C13H16N4O3/c14-12(17-20)11(8-4-2-1-3-5-8)13(19)16-9-6-10(18)15-7-9/h1-5,9,11,20H,6-7H2,(H2,14,17)(H,15,18)(H,16,19). The van der Waals surface area contributed by atoms with E-state index >= 15 is 0 Å². The maximum absolute atomic E-state index is 12.3. The van der Waals surface area contributed by atoms with Crippen LogP contribution in [0.25, 0.3) is 0 Å². The number of nitrogens with two attached hydrogens (primary N) is 1. The van der Waals surface area contributed by atoms with Crippen molar-refractivity contribution in [2.24, 2.45) is 10.9 Å². The highest BCUT2D eigenvalue weighted by Crippen LogP contribution is 2.17. The maximum atomic E-state index is 12.3. The van der Waals surface area contributed by atoms with Crippen LogP contribution in [0.4, 0.5) is 0 Å². The van der Waals surface area contributed by atoms with Crippen molar-refractivity contribution in [2.45, 2.75) is 18.4 Å². The van der Waals surface area contributed by atoms with Crippen LogP contribution in [-0.4, -0.2) is 35.4 Å². The highest BCUT2D eigenvalue weighted by atomic mass is 16.4. The summed E-state index contributed by atoms with van der Waals surface area (Å²) in [6.07, 6.45) is 0.240. The maximum Gasteiger partial charge on any atom is 0.235 e. The van der Waals surface area contributed by atoms with Gasteiger partial charge in [-0.2, -0.15) is 0 Å². The Hall–Kier alpha value is -2.57. The minimum Gasteiger partial charge on any atom is -0.409 e. The van der Waals surface area contributed by atoms with Crippen molar-refractivity contribution in [1.82, 2.24) is 10.6 Å². The average Bonchev–Trinajstić information content (AvgIpc) is 2.85. The molecule has 0 radical (unpaired) electrons. The molecular weight excluding hydrogens is 260 g/mol. The molecule has 1 aliphatic rings. The molecule has 2 atom stereocenters. The molecule has 0 saturated carbocycles. The molecule has 5 N–H and O–H groups in total. The van der Waals surface area contributed by atoms with Gasteiger partial charge in [0.15, 0.2) is 5.84 Å². The van der Waals surface area contributed by atoms with Crippen LogP contribution in [0.2, 0.25) is 0 Å². The van der Waals surface area contributed by atoms with Gasteiger partial charge in [0.2, 0.25) is 11.8 Å². The summed E-state index contributed by atoms with van der Waals surface area (Å²) in [5.74, 6) is -1.56. The zero-order chi connectivity index (χ0) is 14.5. The lowest BCUT2D eigenvalue weighted by Crippen LogP contribution is -2.43. The van der Waals surface area contributed by atoms with Crippen LogP contribution in [0.15, 0.2) is 35.5 Å². The largest absolute Gasteiger partial charge is 0.409 e. The van der Waals surface area contributed by atoms with Gasteiger partial charge in [0, 0.05) is 13.0 Å². The van der Waals surface area contributed by atoms with Crippen molar-refractivity contribution in [1.29, 1.82) is 0 Å². The van der Waals surface area contributed by atoms with Gasteiger partial charge in [-0.15, -0.1) is 0 Å². The molecule has 0 bridgehead atoms. The predicted octanol–water partition coefficient (Wildman–Crippen LogP) is -0.479. The van der Waals surface area contributed by atoms with E-state index in [0.717, 1.165) is 0 Å². The first-order valence-electron chi connectivity index (χ1n) is 6.21. The van der Waals surface area contributed by atoms with Gasteiger partial charge >= 0.3 is 0 Å². The zero-order valence-corrected chi connectivity index (χ0v) is 10.7. The van der Waals surface area contributed by atoms with Gasteiger partial charge < -0.3 is 21.6 Å². The summed E-state index contributed by atoms with van der Waals surface area (Å²) in [7, 11) is 0. The van der Waals surface area contributed by atoms with Crippen LogP contribution >= 0.6 is 0 Å². The summed E-state index contributed by atoms with van der Waals surface area (Å²) in [6.45, 7) is 0.391. The number of hydrogen-bond donors (Lipinski definition) is 4. The van der Waals surface area contributed by atoms with Gasteiger partial charge in [-0.05, 0) is 5.56 Å². The minimum atomic E-state index is -0.878. The molecule has 7 nitrogen and oxygen atoms in total. The normalized spacial score (nSPS) is 20.3. The van der Waals surface area contributed by atoms with Gasteiger partial charge in [-0.1, -0.05) is 35.5 Å². The number of oxime groups is 1. The Labute approximate surface area is 115 Å². The van der Waals surface area contributed by atoms with E-state index in [9.17, 15) is 9.59 Å². The molecule has 1 heterocycles. The Morgan fingerprint density at radius 2 is 2.15 bits per heavy atom. The van der Waals surface area contributed by atoms with Gasteiger partial charge in [-0.25, -0.2) is 0 Å². The number of nitrogens with zero attached hydrogens (tertiary/aromatic N) is 1. The molecule has 0 spiro atoms. The second-order valence-corrected chi connectivity index (χ2v) is 4.58. The van der Waals surface area contributed by atoms with Gasteiger partial charge in [-0.3, -0.25) is 9.59 Å². The van der Waals surface area contributed by atoms with E-state index in [0.29, 0.717) is 12.1 Å². The van der Waals surface area contributed by atoms with Gasteiger partial charge in [0.05, 0.1) is 6.04 Å². The first kappa shape index (κ1) is 13.9. The third-order valence-electron chi connectivity index (χ3n) is 3.13. The molecule has 106 valence electrons. The fourth-order valence-electron chi connectivity index (χ4n) is 2.15. The summed E-state index contributed by atoms with van der Waals surface area (Å²) in [5, 5.41) is 17.1. The number of amides is 2. The predicted molar refractivity (Wildman–Crippen MR) is 72.1 cm³/mol. The third-order valence-corrected chi connectivity index (χ3v) is 3.13. The van der Waals surface area contributed by atoms with Crippen molar-refractivity contribution < 1.29 is 14.8 Å². The topological polar surface area (TPSA) is 117 Å². The van der Waals surface area contributed by atoms with E-state index in [2.05, 4.69) is 15.8 Å². The second kappa shape index (κ2) is 6.05. The SMILES string of the molecule is N/C(=N/O)C(C(=O)NC1CNC(=O)C1)c1ccccc1. The fraction of sp³-hybridized carbons (Fsp3) is 0.308. The molecule has 7 heteroatoms. The smallest absolute Gasteiger partial charge is 0.235 e. The molecule has 20 heavy (non-hydrogen) atoms. The van der Waals surface area contributed by atoms with E-state index < -0.39 is 11.8 Å². The number of rotatable bonds is 4. The number of nitrogens with one attached hydrogen (secondary N) is 2. The fourth-order valence-corrected chi connectivity index (χ4v) is 2.15. The van der Waals surface area contributed by atoms with Crippen LogP contribution in [0.5, 0.6) is 0 Å². The minimum absolute atomic E-state index is 0.102. The third kappa shape index (κ3) is 3.05. The summed E-state index contributed by atoms with van der Waals surface area (Å²) >= 11 is 0. The van der Waals surface area contributed by atoms with E-state index in [1.54, 1.807) is 24.3 Å². The first-order valence-corrected chi connectivity index (χ1v) is 6.21. The molecular formula is C13H16N4O3. The van der Waals surface area contributed by atoms with Crippen LogP contribution in [0.3, 0.4) is 0 Å². The Morgan fingerprint density at radius 1 is 1.45 bits per heavy atom. The van der Waals surface area contributed by atoms with Crippen LogP contribution in [0.1, 0.15) is 17.9 Å². The summed E-state index contributed by atoms with van der Waals surface area (Å²) in [6, 6.07) is 8.51. The molecule has 0 aliphatic carbocycles. The molecule has 2 unspecified atom stereocenters. The molecule has 0 aromatic heterocycles. The number of carbonyl (C=O) groups excluding carboxylic acids is 2. The van der Waals surface area contributed by atoms with Crippen molar-refractivity contribution in [2.75, 3.05) is 6.54 Å². The lowest BCUT2D eigenvalue weighted by atomic mass is 9.96. The van der Waals surface area contributed by atoms with Crippen LogP contribution < -0.4 is 16.4 Å². The highest BCUT2D eigenvalue weighted by Gasteiger charge is 2.29. The molecule has 2 amide bonds. The first-order chi connectivity index (χ1) is 9.61. The summed E-state index contributed by atoms with van der Waals surface area (Å²) in [4.78, 5) is 23.4. The Morgan fingerprint density at radius 3 is 2.70 bits per heavy atom. The highest BCUT2D eigenvalue weighted by molar-refractivity contribution is 6.07. The summed E-state index contributed by atoms with van der Waals surface area (Å²) in [5.41, 5.74) is 6.23. The second-order valence-electron chi connectivity index (χ2n) is 4.58. The lowest BCUT2D eigenvalue weighted by molar-refractivity contribution is -0.121. The zero-order valence-electron chi connectivity index (χ0n) is 10.7. The summed E-state index contributed by atoms with van der Waals surface area (Å²) < 4.78 is 0. The number of carbonyl (C=O) groups is 2. The number of amidine groups is 1. The van der Waals surface area contributed by atoms with Crippen molar-refractivity contribution >= 4 is 17.6 Å². The van der Waals surface area contributed by atoms with Crippen molar-refractivity contribution in [3.05, 3.63) is 35.9 Å². The van der Waals surface area contributed by atoms with Crippen molar-refractivity contribution in [3.8, 4) is 0 Å².